The lowest BCUT2D eigenvalue weighted by Crippen LogP contribution is -2.42. The number of hydrogen-bond donors (Lipinski definition) is 2. The van der Waals surface area contributed by atoms with Crippen molar-refractivity contribution in [3.8, 4) is 0 Å². The first-order valence-electron chi connectivity index (χ1n) is 18.8. The van der Waals surface area contributed by atoms with Crippen LogP contribution >= 0.6 is 0 Å². The highest BCUT2D eigenvalue weighted by molar-refractivity contribution is 5.87. The number of aromatic nitrogens is 2. The number of allylic oxidation sites excluding steroid dienone is 8. The quantitative estimate of drug-likeness (QED) is 0.207. The van der Waals surface area contributed by atoms with Gasteiger partial charge in [0.25, 0.3) is 0 Å². The molecule has 304 valence electrons. The van der Waals surface area contributed by atoms with Crippen molar-refractivity contribution in [3.63, 3.8) is 0 Å². The maximum Gasteiger partial charge on any atom is 0.360 e. The third-order valence-electron chi connectivity index (χ3n) is 9.45. The molecular weight excluding hydrogens is 716 g/mol. The summed E-state index contributed by atoms with van der Waals surface area (Å²) in [6, 6.07) is 0. The Hall–Kier alpha value is -4.88. The van der Waals surface area contributed by atoms with E-state index in [2.05, 4.69) is 9.97 Å². The molecule has 12 heteroatoms. The first kappa shape index (κ1) is 45.5. The van der Waals surface area contributed by atoms with Gasteiger partial charge in [0.2, 0.25) is 5.89 Å². The number of nitrogens with zero attached hydrogens (tertiary/aromatic N) is 2. The molecule has 0 aliphatic carbocycles. The second-order valence-electron chi connectivity index (χ2n) is 14.5. The summed E-state index contributed by atoms with van der Waals surface area (Å²) in [5.74, 6) is -0.836. The van der Waals surface area contributed by atoms with Crippen molar-refractivity contribution in [3.05, 3.63) is 127 Å². The van der Waals surface area contributed by atoms with Crippen LogP contribution in [0.2, 0.25) is 0 Å². The third-order valence-corrected chi connectivity index (χ3v) is 9.45. The molecule has 0 saturated carbocycles. The summed E-state index contributed by atoms with van der Waals surface area (Å²) in [7, 11) is 1.56. The van der Waals surface area contributed by atoms with Crippen LogP contribution in [0.15, 0.2) is 113 Å². The minimum Gasteiger partial charge on any atom is -0.457 e. The number of ether oxygens (including phenoxy) is 4. The highest BCUT2D eigenvalue weighted by Gasteiger charge is 2.39. The maximum atomic E-state index is 13.3. The van der Waals surface area contributed by atoms with Crippen molar-refractivity contribution in [2.24, 2.45) is 10.8 Å². The smallest absolute Gasteiger partial charge is 0.360 e. The van der Waals surface area contributed by atoms with E-state index in [9.17, 15) is 19.8 Å². The molecule has 0 spiro atoms. The number of rotatable bonds is 7. The van der Waals surface area contributed by atoms with Crippen LogP contribution in [0.4, 0.5) is 0 Å². The van der Waals surface area contributed by atoms with Crippen molar-refractivity contribution in [1.29, 1.82) is 0 Å². The molecule has 0 radical (unpaired) electrons. The Bertz CT molecular complexity index is 1770. The Labute approximate surface area is 330 Å². The molecule has 3 rings (SSSR count). The average molecular weight is 775 g/mol. The minimum atomic E-state index is -0.879. The molecule has 2 aromatic rings. The van der Waals surface area contributed by atoms with Gasteiger partial charge in [-0.3, -0.25) is 0 Å². The number of esters is 2. The molecule has 1 aliphatic rings. The highest BCUT2D eigenvalue weighted by atomic mass is 16.6. The Balaban J connectivity index is 1.89. The van der Waals surface area contributed by atoms with E-state index < -0.39 is 53.3 Å². The fourth-order valence-electron chi connectivity index (χ4n) is 5.49. The molecule has 6 unspecified atom stereocenters. The van der Waals surface area contributed by atoms with E-state index in [1.165, 1.54) is 12.5 Å². The summed E-state index contributed by atoms with van der Waals surface area (Å²) < 4.78 is 34.4. The standard InChI is InChI=1S/C44H58N2O10/c1-9-20-35(47)43(4,5)37-24-15-13-11-12-14-23-32(51-8)28-40-46-34(30-54-40)42(50)56-38(44(6,7)36(48)21-10-2)25-18-19-27-52-31(3)22-16-17-26-39-45-33(29-53-39)41(49)55-37/h9-23,26,29-32,35-38,47-48H,24-25,27-28H2,1-8H3. The van der Waals surface area contributed by atoms with Gasteiger partial charge in [-0.15, -0.1) is 0 Å². The molecule has 2 aromatic heterocycles. The van der Waals surface area contributed by atoms with Crippen molar-refractivity contribution in [1.82, 2.24) is 9.97 Å². The monoisotopic (exact) mass is 774 g/mol. The number of methoxy groups -OCH3 is 1. The molecule has 3 heterocycles. The number of carbonyl (C=O) groups excluding carboxylic acids is 2. The molecular formula is C44H58N2O10. The van der Waals surface area contributed by atoms with Crippen LogP contribution in [0.3, 0.4) is 0 Å². The van der Waals surface area contributed by atoms with Crippen LogP contribution in [0.25, 0.3) is 6.08 Å². The summed E-state index contributed by atoms with van der Waals surface area (Å²) in [5, 5.41) is 21.8. The number of aliphatic hydroxyl groups excluding tert-OH is 2. The summed E-state index contributed by atoms with van der Waals surface area (Å²) in [4.78, 5) is 35.1. The molecule has 4 bridgehead atoms. The number of carbonyl (C=O) groups is 2. The molecule has 56 heavy (non-hydrogen) atoms. The van der Waals surface area contributed by atoms with E-state index in [-0.39, 0.29) is 36.4 Å². The summed E-state index contributed by atoms with van der Waals surface area (Å²) in [6.07, 6.45) is 28.0. The van der Waals surface area contributed by atoms with Gasteiger partial charge in [0.15, 0.2) is 17.3 Å². The summed E-state index contributed by atoms with van der Waals surface area (Å²) >= 11 is 0. The predicted octanol–water partition coefficient (Wildman–Crippen LogP) is 7.89. The van der Waals surface area contributed by atoms with Gasteiger partial charge in [-0.2, -0.15) is 0 Å². The van der Waals surface area contributed by atoms with E-state index in [1.54, 1.807) is 49.6 Å². The number of fused-ring (bicyclic) bond motifs is 4. The van der Waals surface area contributed by atoms with Crippen LogP contribution in [0.1, 0.15) is 94.1 Å². The van der Waals surface area contributed by atoms with Crippen LogP contribution in [0.5, 0.6) is 0 Å². The number of hydrogen-bond acceptors (Lipinski definition) is 12. The van der Waals surface area contributed by atoms with Crippen molar-refractivity contribution in [2.45, 2.75) is 104 Å². The SMILES string of the molecule is CC=CC(O)C(C)(C)C1CC=CC=CC=CC(OC)Cc2nc(co2)C(=O)OC(C(C)(C)C(O)C=CC)CC=CCOC(C)C=CC=Cc2nc(co2)C(=O)O1. The van der Waals surface area contributed by atoms with E-state index in [0.29, 0.717) is 18.7 Å². The Kier molecular flexibility index (Phi) is 18.4. The Morgan fingerprint density at radius 3 is 1.96 bits per heavy atom. The lowest BCUT2D eigenvalue weighted by atomic mass is 9.79. The second kappa shape index (κ2) is 22.6. The fourth-order valence-corrected chi connectivity index (χ4v) is 5.49. The molecule has 0 amide bonds. The molecule has 6 atom stereocenters. The summed E-state index contributed by atoms with van der Waals surface area (Å²) in [6.45, 7) is 13.1. The van der Waals surface area contributed by atoms with Gasteiger partial charge >= 0.3 is 11.9 Å². The lowest BCUT2D eigenvalue weighted by Gasteiger charge is -2.36. The van der Waals surface area contributed by atoms with Crippen molar-refractivity contribution >= 4 is 18.0 Å². The first-order valence-corrected chi connectivity index (χ1v) is 18.8. The fraction of sp³-hybridized carbons (Fsp3) is 0.455. The third kappa shape index (κ3) is 14.0. The van der Waals surface area contributed by atoms with E-state index in [0.717, 1.165) is 0 Å². The molecule has 0 saturated heterocycles. The largest absolute Gasteiger partial charge is 0.457 e. The van der Waals surface area contributed by atoms with Crippen LogP contribution in [0, 0.1) is 10.8 Å². The predicted molar refractivity (Wildman–Crippen MR) is 214 cm³/mol. The molecule has 0 aromatic carbocycles. The number of cyclic esters (lactones) is 2. The zero-order chi connectivity index (χ0) is 41.1. The van der Waals surface area contributed by atoms with Crippen molar-refractivity contribution < 1.29 is 47.6 Å². The van der Waals surface area contributed by atoms with Gasteiger partial charge in [-0.25, -0.2) is 19.6 Å². The van der Waals surface area contributed by atoms with Gasteiger partial charge in [-0.05, 0) is 20.8 Å². The normalized spacial score (nSPS) is 22.9. The van der Waals surface area contributed by atoms with E-state index in [4.69, 9.17) is 27.8 Å². The topological polar surface area (TPSA) is 164 Å². The molecule has 2 N–H and O–H groups in total. The Morgan fingerprint density at radius 2 is 1.34 bits per heavy atom. The van der Waals surface area contributed by atoms with Crippen molar-refractivity contribution in [2.75, 3.05) is 13.7 Å². The lowest BCUT2D eigenvalue weighted by molar-refractivity contribution is -0.0462. The average Bonchev–Trinajstić information content (AvgIpc) is 3.84. The van der Waals surface area contributed by atoms with Gasteiger partial charge in [-0.1, -0.05) is 119 Å². The first-order chi connectivity index (χ1) is 26.7. The van der Waals surface area contributed by atoms with Gasteiger partial charge in [0.05, 0.1) is 37.4 Å². The molecule has 1 aliphatic heterocycles. The zero-order valence-electron chi connectivity index (χ0n) is 33.7. The zero-order valence-corrected chi connectivity index (χ0v) is 33.7. The van der Waals surface area contributed by atoms with Gasteiger partial charge < -0.3 is 38.0 Å². The maximum absolute atomic E-state index is 13.3. The van der Waals surface area contributed by atoms with Crippen LogP contribution < -0.4 is 0 Å². The minimum absolute atomic E-state index is 0.00761. The van der Waals surface area contributed by atoms with E-state index in [1.807, 2.05) is 103 Å². The number of aliphatic hydroxyl groups is 2. The van der Waals surface area contributed by atoms with Gasteiger partial charge in [0, 0.05) is 36.9 Å². The van der Waals surface area contributed by atoms with Crippen LogP contribution in [-0.2, 0) is 25.4 Å². The number of oxazole rings is 2. The van der Waals surface area contributed by atoms with Crippen LogP contribution in [-0.4, -0.2) is 82.5 Å². The Morgan fingerprint density at radius 1 is 0.768 bits per heavy atom. The molecule has 0 fully saturated rings. The molecule has 12 nitrogen and oxygen atoms in total. The van der Waals surface area contributed by atoms with E-state index >= 15 is 0 Å². The summed E-state index contributed by atoms with van der Waals surface area (Å²) in [5.41, 5.74) is -1.66. The van der Waals surface area contributed by atoms with Gasteiger partial charge in [0.1, 0.15) is 24.7 Å². The second-order valence-corrected chi connectivity index (χ2v) is 14.5. The highest BCUT2D eigenvalue weighted by Crippen LogP contribution is 2.33.